The Morgan fingerprint density at radius 3 is 2.50 bits per heavy atom. The Balaban J connectivity index is 2.65. The third-order valence-corrected chi connectivity index (χ3v) is 4.15. The molecule has 0 N–H and O–H groups in total. The molecule has 0 amide bonds. The average molecular weight is 315 g/mol. The van der Waals surface area contributed by atoms with Gasteiger partial charge in [0.05, 0.1) is 0 Å². The fourth-order valence-corrected chi connectivity index (χ4v) is 2.09. The van der Waals surface area contributed by atoms with E-state index in [1.165, 1.54) is 12.1 Å². The number of ketones is 1. The number of benzene rings is 1. The van der Waals surface area contributed by atoms with Gasteiger partial charge in [-0.05, 0) is 29.0 Å². The van der Waals surface area contributed by atoms with Crippen molar-refractivity contribution in [1.29, 1.82) is 0 Å². The Hall–Kier alpha value is -0.700. The Bertz CT molecular complexity index is 435. The molecule has 1 atom stereocenters. The van der Waals surface area contributed by atoms with Crippen molar-refractivity contribution >= 4 is 21.7 Å². The summed E-state index contributed by atoms with van der Waals surface area (Å²) in [5.74, 6) is 0.245. The van der Waals surface area contributed by atoms with Crippen LogP contribution in [0, 0.1) is 17.2 Å². The highest BCUT2D eigenvalue weighted by atomic mass is 79.9. The van der Waals surface area contributed by atoms with Crippen LogP contribution in [0.15, 0.2) is 22.7 Å². The number of rotatable bonds is 4. The topological polar surface area (TPSA) is 17.1 Å². The molecule has 0 saturated heterocycles. The highest BCUT2D eigenvalue weighted by Crippen LogP contribution is 2.29. The third kappa shape index (κ3) is 4.52. The van der Waals surface area contributed by atoms with Crippen LogP contribution in [0.4, 0.5) is 4.39 Å². The first-order valence-electron chi connectivity index (χ1n) is 6.16. The predicted octanol–water partition coefficient (Wildman–Crippen LogP) is 4.77. The molecular formula is C15H20BrFO. The molecule has 0 aliphatic carbocycles. The van der Waals surface area contributed by atoms with E-state index in [2.05, 4.69) is 43.6 Å². The second-order valence-corrected chi connectivity index (χ2v) is 6.78. The quantitative estimate of drug-likeness (QED) is 0.782. The van der Waals surface area contributed by atoms with E-state index in [1.807, 2.05) is 0 Å². The summed E-state index contributed by atoms with van der Waals surface area (Å²) in [5.41, 5.74) is 0.984. The average Bonchev–Trinajstić information content (AvgIpc) is 2.20. The Kier molecular flexibility index (Phi) is 5.09. The van der Waals surface area contributed by atoms with Crippen LogP contribution in [-0.2, 0) is 11.2 Å². The van der Waals surface area contributed by atoms with Crippen LogP contribution >= 0.6 is 15.9 Å². The van der Waals surface area contributed by atoms with Gasteiger partial charge >= 0.3 is 0 Å². The molecule has 1 nitrogen and oxygen atoms in total. The lowest BCUT2D eigenvalue weighted by Crippen LogP contribution is -2.21. The molecule has 0 radical (unpaired) electrons. The van der Waals surface area contributed by atoms with E-state index in [0.717, 1.165) is 5.56 Å². The minimum absolute atomic E-state index is 0.135. The fraction of sp³-hybridized carbons (Fsp3) is 0.533. The minimum atomic E-state index is -0.291. The van der Waals surface area contributed by atoms with Gasteiger partial charge in [0.15, 0.2) is 0 Å². The second-order valence-electron chi connectivity index (χ2n) is 5.92. The van der Waals surface area contributed by atoms with Crippen LogP contribution < -0.4 is 0 Å². The van der Waals surface area contributed by atoms with Gasteiger partial charge in [-0.3, -0.25) is 4.79 Å². The van der Waals surface area contributed by atoms with E-state index in [9.17, 15) is 9.18 Å². The van der Waals surface area contributed by atoms with Gasteiger partial charge < -0.3 is 0 Å². The van der Waals surface area contributed by atoms with Crippen LogP contribution in [0.5, 0.6) is 0 Å². The van der Waals surface area contributed by atoms with Gasteiger partial charge in [0.1, 0.15) is 11.6 Å². The number of halogens is 2. The molecule has 0 fully saturated rings. The van der Waals surface area contributed by atoms with E-state index in [-0.39, 0.29) is 17.0 Å². The van der Waals surface area contributed by atoms with E-state index in [0.29, 0.717) is 23.2 Å². The molecule has 1 unspecified atom stereocenters. The van der Waals surface area contributed by atoms with Gasteiger partial charge in [0.25, 0.3) is 0 Å². The van der Waals surface area contributed by atoms with Crippen molar-refractivity contribution in [3.8, 4) is 0 Å². The van der Waals surface area contributed by atoms with Crippen LogP contribution in [-0.4, -0.2) is 5.78 Å². The summed E-state index contributed by atoms with van der Waals surface area (Å²) in [6, 6.07) is 4.45. The molecule has 1 aromatic carbocycles. The molecule has 0 aliphatic heterocycles. The lowest BCUT2D eigenvalue weighted by Gasteiger charge is -2.26. The molecule has 0 aliphatic rings. The number of hydrogen-bond acceptors (Lipinski definition) is 1. The molecule has 0 saturated carbocycles. The second kappa shape index (κ2) is 5.96. The minimum Gasteiger partial charge on any atom is -0.299 e. The molecule has 3 heteroatoms. The van der Waals surface area contributed by atoms with Gasteiger partial charge in [-0.25, -0.2) is 4.39 Å². The van der Waals surface area contributed by atoms with Crippen LogP contribution in [0.1, 0.15) is 39.7 Å². The first kappa shape index (κ1) is 15.4. The summed E-state index contributed by atoms with van der Waals surface area (Å²) in [6.07, 6.45) is 0.925. The van der Waals surface area contributed by atoms with Crippen LogP contribution in [0.25, 0.3) is 0 Å². The van der Waals surface area contributed by atoms with Crippen molar-refractivity contribution in [3.05, 3.63) is 34.1 Å². The van der Waals surface area contributed by atoms with Gasteiger partial charge in [-0.2, -0.15) is 0 Å². The van der Waals surface area contributed by atoms with Gasteiger partial charge in [-0.15, -0.1) is 0 Å². The normalized spacial score (nSPS) is 13.4. The van der Waals surface area contributed by atoms with Crippen molar-refractivity contribution < 1.29 is 9.18 Å². The molecule has 1 aromatic rings. The van der Waals surface area contributed by atoms with E-state index < -0.39 is 0 Å². The number of carbonyl (C=O) groups excluding carboxylic acids is 1. The summed E-state index contributed by atoms with van der Waals surface area (Å²) in [4.78, 5) is 12.0. The van der Waals surface area contributed by atoms with Crippen molar-refractivity contribution in [2.45, 2.75) is 40.5 Å². The zero-order valence-electron chi connectivity index (χ0n) is 11.4. The molecule has 0 heterocycles. The summed E-state index contributed by atoms with van der Waals surface area (Å²) < 4.78 is 13.6. The molecule has 18 heavy (non-hydrogen) atoms. The predicted molar refractivity (Wildman–Crippen MR) is 76.0 cm³/mol. The van der Waals surface area contributed by atoms with Crippen LogP contribution in [0.3, 0.4) is 0 Å². The van der Waals surface area contributed by atoms with Crippen molar-refractivity contribution in [2.24, 2.45) is 11.3 Å². The third-order valence-electron chi connectivity index (χ3n) is 3.41. The largest absolute Gasteiger partial charge is 0.299 e. The van der Waals surface area contributed by atoms with E-state index >= 15 is 0 Å². The molecule has 0 spiro atoms. The maximum absolute atomic E-state index is 12.9. The lowest BCUT2D eigenvalue weighted by molar-refractivity contribution is -0.120. The maximum Gasteiger partial charge on any atom is 0.137 e. The molecule has 0 bridgehead atoms. The number of carbonyl (C=O) groups is 1. The number of Topliss-reactive ketones (excluding diaryl/α,β-unsaturated/α-hetero) is 1. The monoisotopic (exact) mass is 314 g/mol. The summed E-state index contributed by atoms with van der Waals surface area (Å²) in [7, 11) is 0. The van der Waals surface area contributed by atoms with E-state index in [4.69, 9.17) is 0 Å². The Morgan fingerprint density at radius 1 is 1.39 bits per heavy atom. The first-order chi connectivity index (χ1) is 8.20. The summed E-state index contributed by atoms with van der Waals surface area (Å²) in [6.45, 7) is 8.51. The summed E-state index contributed by atoms with van der Waals surface area (Å²) >= 11 is 3.29. The fourth-order valence-electron chi connectivity index (χ4n) is 1.60. The van der Waals surface area contributed by atoms with E-state index in [1.54, 1.807) is 6.07 Å². The highest BCUT2D eigenvalue weighted by Gasteiger charge is 2.22. The molecular weight excluding hydrogens is 295 g/mol. The SMILES string of the molecule is CC(CC(=O)Cc1ccc(F)cc1Br)C(C)(C)C. The summed E-state index contributed by atoms with van der Waals surface area (Å²) in [5, 5.41) is 0. The van der Waals surface area contributed by atoms with Crippen molar-refractivity contribution in [2.75, 3.05) is 0 Å². The molecule has 100 valence electrons. The van der Waals surface area contributed by atoms with Gasteiger partial charge in [0, 0.05) is 17.3 Å². The Labute approximate surface area is 117 Å². The van der Waals surface area contributed by atoms with Crippen molar-refractivity contribution in [3.63, 3.8) is 0 Å². The standard InChI is InChI=1S/C15H20BrFO/c1-10(15(2,3)4)7-13(18)8-11-5-6-12(17)9-14(11)16/h5-6,9-10H,7-8H2,1-4H3. The molecule has 0 aromatic heterocycles. The Morgan fingerprint density at radius 2 is 2.00 bits per heavy atom. The van der Waals surface area contributed by atoms with Crippen LogP contribution in [0.2, 0.25) is 0 Å². The van der Waals surface area contributed by atoms with Gasteiger partial charge in [0.2, 0.25) is 0 Å². The number of hydrogen-bond donors (Lipinski definition) is 0. The van der Waals surface area contributed by atoms with Crippen molar-refractivity contribution in [1.82, 2.24) is 0 Å². The maximum atomic E-state index is 12.9. The smallest absolute Gasteiger partial charge is 0.137 e. The zero-order valence-corrected chi connectivity index (χ0v) is 13.0. The first-order valence-corrected chi connectivity index (χ1v) is 6.95. The lowest BCUT2D eigenvalue weighted by atomic mass is 9.79. The zero-order chi connectivity index (χ0) is 13.9. The van der Waals surface area contributed by atoms with Gasteiger partial charge in [-0.1, -0.05) is 49.7 Å². The molecule has 1 rings (SSSR count). The highest BCUT2D eigenvalue weighted by molar-refractivity contribution is 9.10.